The van der Waals surface area contributed by atoms with Gasteiger partial charge in [-0.2, -0.15) is 5.10 Å². The Morgan fingerprint density at radius 3 is 3.00 bits per heavy atom. The van der Waals surface area contributed by atoms with Gasteiger partial charge in [-0.15, -0.1) is 0 Å². The van der Waals surface area contributed by atoms with Crippen LogP contribution >= 0.6 is 0 Å². The number of anilines is 1. The van der Waals surface area contributed by atoms with E-state index in [4.69, 9.17) is 0 Å². The summed E-state index contributed by atoms with van der Waals surface area (Å²) in [6, 6.07) is 0.657. The van der Waals surface area contributed by atoms with Crippen molar-refractivity contribution in [1.82, 2.24) is 9.78 Å². The molecule has 14 heavy (non-hydrogen) atoms. The molecular weight excluding hydrogens is 174 g/mol. The van der Waals surface area contributed by atoms with Crippen LogP contribution in [0.4, 0.5) is 5.69 Å². The van der Waals surface area contributed by atoms with Gasteiger partial charge in [0.1, 0.15) is 0 Å². The molecule has 1 N–H and O–H groups in total. The van der Waals surface area contributed by atoms with Gasteiger partial charge in [-0.25, -0.2) is 0 Å². The third-order valence-electron chi connectivity index (χ3n) is 3.17. The molecule has 1 aromatic rings. The van der Waals surface area contributed by atoms with Crippen LogP contribution in [0.15, 0.2) is 12.4 Å². The quantitative estimate of drug-likeness (QED) is 0.799. The fourth-order valence-corrected chi connectivity index (χ4v) is 2.18. The highest BCUT2D eigenvalue weighted by Gasteiger charge is 2.23. The molecule has 0 unspecified atom stereocenters. The van der Waals surface area contributed by atoms with Crippen molar-refractivity contribution >= 4 is 5.69 Å². The average molecular weight is 193 g/mol. The van der Waals surface area contributed by atoms with Crippen LogP contribution in [0.3, 0.4) is 0 Å². The van der Waals surface area contributed by atoms with Crippen LogP contribution in [-0.2, 0) is 6.54 Å². The summed E-state index contributed by atoms with van der Waals surface area (Å²) < 4.78 is 1.96. The molecule has 3 heteroatoms. The summed E-state index contributed by atoms with van der Waals surface area (Å²) in [6.07, 6.45) is 8.04. The number of rotatable bonds is 3. The van der Waals surface area contributed by atoms with Crippen molar-refractivity contribution in [2.24, 2.45) is 5.92 Å². The number of nitrogens with zero attached hydrogens (tertiary/aromatic N) is 2. The van der Waals surface area contributed by atoms with E-state index in [0.717, 1.165) is 12.5 Å². The molecule has 0 amide bonds. The number of hydrogen-bond donors (Lipinski definition) is 1. The fraction of sp³-hybridized carbons (Fsp3) is 0.727. The SMILES string of the molecule is CCn1cc(N[C@H]2CCC[C@H]2C)cn1. The first kappa shape index (κ1) is 9.56. The minimum atomic E-state index is 0.657. The van der Waals surface area contributed by atoms with Gasteiger partial charge in [0.05, 0.1) is 11.9 Å². The van der Waals surface area contributed by atoms with Gasteiger partial charge in [0.2, 0.25) is 0 Å². The summed E-state index contributed by atoms with van der Waals surface area (Å²) in [5, 5.41) is 7.82. The fourth-order valence-electron chi connectivity index (χ4n) is 2.18. The van der Waals surface area contributed by atoms with Gasteiger partial charge < -0.3 is 5.32 Å². The number of hydrogen-bond acceptors (Lipinski definition) is 2. The minimum Gasteiger partial charge on any atom is -0.380 e. The van der Waals surface area contributed by atoms with Crippen LogP contribution in [0.1, 0.15) is 33.1 Å². The first-order chi connectivity index (χ1) is 6.79. The first-order valence-electron chi connectivity index (χ1n) is 5.58. The van der Waals surface area contributed by atoms with Crippen LogP contribution in [0.2, 0.25) is 0 Å². The molecule has 1 heterocycles. The second kappa shape index (κ2) is 4.03. The van der Waals surface area contributed by atoms with Crippen molar-refractivity contribution in [3.63, 3.8) is 0 Å². The summed E-state index contributed by atoms with van der Waals surface area (Å²) >= 11 is 0. The van der Waals surface area contributed by atoms with Gasteiger partial charge in [0.25, 0.3) is 0 Å². The Hall–Kier alpha value is -0.990. The molecule has 0 aliphatic heterocycles. The molecule has 0 spiro atoms. The molecule has 78 valence electrons. The zero-order valence-electron chi connectivity index (χ0n) is 9.03. The van der Waals surface area contributed by atoms with Crippen LogP contribution in [0, 0.1) is 5.92 Å². The Morgan fingerprint density at radius 1 is 1.57 bits per heavy atom. The number of aromatic nitrogens is 2. The molecule has 3 nitrogen and oxygen atoms in total. The van der Waals surface area contributed by atoms with E-state index in [1.165, 1.54) is 24.9 Å². The topological polar surface area (TPSA) is 29.9 Å². The van der Waals surface area contributed by atoms with E-state index in [1.54, 1.807) is 0 Å². The van der Waals surface area contributed by atoms with Gasteiger partial charge in [-0.1, -0.05) is 13.3 Å². The lowest BCUT2D eigenvalue weighted by atomic mass is 10.1. The van der Waals surface area contributed by atoms with Gasteiger partial charge in [-0.05, 0) is 25.7 Å². The van der Waals surface area contributed by atoms with E-state index in [-0.39, 0.29) is 0 Å². The molecule has 2 atom stereocenters. The Morgan fingerprint density at radius 2 is 2.43 bits per heavy atom. The summed E-state index contributed by atoms with van der Waals surface area (Å²) in [5.74, 6) is 0.806. The van der Waals surface area contributed by atoms with Gasteiger partial charge in [0, 0.05) is 18.8 Å². The van der Waals surface area contributed by atoms with Crippen molar-refractivity contribution < 1.29 is 0 Å². The highest BCUT2D eigenvalue weighted by molar-refractivity contribution is 5.39. The largest absolute Gasteiger partial charge is 0.380 e. The van der Waals surface area contributed by atoms with E-state index >= 15 is 0 Å². The lowest BCUT2D eigenvalue weighted by Crippen LogP contribution is -2.21. The highest BCUT2D eigenvalue weighted by Crippen LogP contribution is 2.27. The second-order valence-corrected chi connectivity index (χ2v) is 4.24. The molecule has 1 saturated carbocycles. The highest BCUT2D eigenvalue weighted by atomic mass is 15.3. The third kappa shape index (κ3) is 1.91. The standard InChI is InChI=1S/C11H19N3/c1-3-14-8-10(7-12-14)13-11-6-4-5-9(11)2/h7-9,11,13H,3-6H2,1-2H3/t9-,11+/m1/s1. The van der Waals surface area contributed by atoms with Gasteiger partial charge in [-0.3, -0.25) is 4.68 Å². The minimum absolute atomic E-state index is 0.657. The molecule has 1 fully saturated rings. The van der Waals surface area contributed by atoms with E-state index in [2.05, 4.69) is 30.5 Å². The maximum atomic E-state index is 4.26. The molecule has 0 radical (unpaired) electrons. The van der Waals surface area contributed by atoms with Crippen molar-refractivity contribution in [2.75, 3.05) is 5.32 Å². The number of nitrogens with one attached hydrogen (secondary N) is 1. The van der Waals surface area contributed by atoms with Crippen LogP contribution in [0.5, 0.6) is 0 Å². The average Bonchev–Trinajstić information content (AvgIpc) is 2.77. The summed E-state index contributed by atoms with van der Waals surface area (Å²) in [5.41, 5.74) is 1.17. The van der Waals surface area contributed by atoms with Gasteiger partial charge >= 0.3 is 0 Å². The summed E-state index contributed by atoms with van der Waals surface area (Å²) in [6.45, 7) is 5.38. The number of aryl methyl sites for hydroxylation is 1. The van der Waals surface area contributed by atoms with E-state index < -0.39 is 0 Å². The van der Waals surface area contributed by atoms with E-state index in [0.29, 0.717) is 6.04 Å². The smallest absolute Gasteiger partial charge is 0.0728 e. The molecule has 1 aliphatic rings. The second-order valence-electron chi connectivity index (χ2n) is 4.24. The third-order valence-corrected chi connectivity index (χ3v) is 3.17. The lowest BCUT2D eigenvalue weighted by Gasteiger charge is -2.16. The Bertz CT molecular complexity index is 292. The molecular formula is C11H19N3. The van der Waals surface area contributed by atoms with Crippen molar-refractivity contribution in [1.29, 1.82) is 0 Å². The van der Waals surface area contributed by atoms with Crippen LogP contribution in [0.25, 0.3) is 0 Å². The summed E-state index contributed by atoms with van der Waals surface area (Å²) in [7, 11) is 0. The van der Waals surface area contributed by atoms with Gasteiger partial charge in [0.15, 0.2) is 0 Å². The van der Waals surface area contributed by atoms with E-state index in [9.17, 15) is 0 Å². The molecule has 1 aromatic heterocycles. The predicted octanol–water partition coefficient (Wildman–Crippen LogP) is 2.50. The van der Waals surface area contributed by atoms with Crippen molar-refractivity contribution in [2.45, 2.75) is 45.7 Å². The Kier molecular flexibility index (Phi) is 2.75. The van der Waals surface area contributed by atoms with Crippen molar-refractivity contribution in [3.8, 4) is 0 Å². The molecule has 1 aliphatic carbocycles. The molecule has 0 bridgehead atoms. The lowest BCUT2D eigenvalue weighted by molar-refractivity contribution is 0.556. The Labute approximate surface area is 85.5 Å². The maximum absolute atomic E-state index is 4.26. The zero-order chi connectivity index (χ0) is 9.97. The predicted molar refractivity (Wildman–Crippen MR) is 58.3 cm³/mol. The first-order valence-corrected chi connectivity index (χ1v) is 5.58. The normalized spacial score (nSPS) is 26.7. The van der Waals surface area contributed by atoms with E-state index in [1.807, 2.05) is 10.9 Å². The molecule has 2 rings (SSSR count). The van der Waals surface area contributed by atoms with Crippen LogP contribution in [-0.4, -0.2) is 15.8 Å². The molecule has 0 saturated heterocycles. The Balaban J connectivity index is 1.96. The summed E-state index contributed by atoms with van der Waals surface area (Å²) in [4.78, 5) is 0. The monoisotopic (exact) mass is 193 g/mol. The maximum Gasteiger partial charge on any atom is 0.0728 e. The van der Waals surface area contributed by atoms with Crippen molar-refractivity contribution in [3.05, 3.63) is 12.4 Å². The van der Waals surface area contributed by atoms with Crippen LogP contribution < -0.4 is 5.32 Å². The zero-order valence-corrected chi connectivity index (χ0v) is 9.03. The molecule has 0 aromatic carbocycles.